The van der Waals surface area contributed by atoms with Crippen LogP contribution in [-0.4, -0.2) is 0 Å². The second-order valence-electron chi connectivity index (χ2n) is 4.15. The lowest BCUT2D eigenvalue weighted by Crippen LogP contribution is -2.14. The van der Waals surface area contributed by atoms with E-state index in [2.05, 4.69) is 15.9 Å². The van der Waals surface area contributed by atoms with Crippen molar-refractivity contribution < 1.29 is 8.78 Å². The monoisotopic (exact) mass is 311 g/mol. The van der Waals surface area contributed by atoms with Gasteiger partial charge in [0.25, 0.3) is 0 Å². The number of hydrogen-bond donors (Lipinski definition) is 1. The highest BCUT2D eigenvalue weighted by Crippen LogP contribution is 2.25. The van der Waals surface area contributed by atoms with Crippen LogP contribution in [0.25, 0.3) is 0 Å². The van der Waals surface area contributed by atoms with Crippen molar-refractivity contribution in [1.29, 1.82) is 0 Å². The van der Waals surface area contributed by atoms with Gasteiger partial charge in [-0.2, -0.15) is 0 Å². The summed E-state index contributed by atoms with van der Waals surface area (Å²) >= 11 is 3.32. The first kappa shape index (κ1) is 13.2. The van der Waals surface area contributed by atoms with E-state index in [1.54, 1.807) is 6.92 Å². The Hall–Kier alpha value is -1.26. The highest BCUT2D eigenvalue weighted by Gasteiger charge is 2.15. The molecule has 4 heteroatoms. The van der Waals surface area contributed by atoms with Crippen molar-refractivity contribution in [3.8, 4) is 0 Å². The van der Waals surface area contributed by atoms with Crippen molar-refractivity contribution >= 4 is 15.9 Å². The molecular formula is C14H12BrF2N. The van der Waals surface area contributed by atoms with Gasteiger partial charge in [0.2, 0.25) is 0 Å². The zero-order valence-corrected chi connectivity index (χ0v) is 11.3. The first-order chi connectivity index (χ1) is 8.49. The molecule has 0 radical (unpaired) electrons. The van der Waals surface area contributed by atoms with Crippen LogP contribution in [0.2, 0.25) is 0 Å². The number of benzene rings is 2. The SMILES string of the molecule is Cc1cc(C(N)c2ccc(Br)cc2)c(F)cc1F. The molecule has 1 nitrogen and oxygen atoms in total. The lowest BCUT2D eigenvalue weighted by Gasteiger charge is -2.14. The summed E-state index contributed by atoms with van der Waals surface area (Å²) in [4.78, 5) is 0. The molecule has 0 spiro atoms. The Kier molecular flexibility index (Phi) is 3.78. The zero-order valence-electron chi connectivity index (χ0n) is 9.75. The van der Waals surface area contributed by atoms with Gasteiger partial charge in [0.15, 0.2) is 0 Å². The van der Waals surface area contributed by atoms with Gasteiger partial charge in [0.05, 0.1) is 6.04 Å². The quantitative estimate of drug-likeness (QED) is 0.888. The van der Waals surface area contributed by atoms with Crippen molar-refractivity contribution in [1.82, 2.24) is 0 Å². The van der Waals surface area contributed by atoms with Gasteiger partial charge in [-0.15, -0.1) is 0 Å². The van der Waals surface area contributed by atoms with E-state index in [0.29, 0.717) is 11.1 Å². The molecule has 2 N–H and O–H groups in total. The summed E-state index contributed by atoms with van der Waals surface area (Å²) in [7, 11) is 0. The van der Waals surface area contributed by atoms with Crippen LogP contribution in [0.15, 0.2) is 40.9 Å². The van der Waals surface area contributed by atoms with E-state index >= 15 is 0 Å². The maximum atomic E-state index is 13.7. The molecule has 2 aromatic rings. The largest absolute Gasteiger partial charge is 0.320 e. The maximum Gasteiger partial charge on any atom is 0.131 e. The molecule has 94 valence electrons. The second kappa shape index (κ2) is 5.16. The minimum atomic E-state index is -0.617. The molecule has 0 saturated heterocycles. The third-order valence-electron chi connectivity index (χ3n) is 2.84. The van der Waals surface area contributed by atoms with E-state index < -0.39 is 17.7 Å². The summed E-state index contributed by atoms with van der Waals surface area (Å²) in [6, 6.07) is 9.03. The molecule has 0 heterocycles. The second-order valence-corrected chi connectivity index (χ2v) is 5.07. The standard InChI is InChI=1S/C14H12BrF2N/c1-8-6-11(13(17)7-12(8)16)14(18)9-2-4-10(15)5-3-9/h2-7,14H,18H2,1H3. The predicted molar refractivity (Wildman–Crippen MR) is 71.3 cm³/mol. The van der Waals surface area contributed by atoms with Crippen LogP contribution in [0.1, 0.15) is 22.7 Å². The molecule has 0 aromatic heterocycles. The molecular weight excluding hydrogens is 300 g/mol. The Bertz CT molecular complexity index is 567. The molecule has 2 rings (SSSR count). The molecule has 0 amide bonds. The van der Waals surface area contributed by atoms with E-state index in [1.807, 2.05) is 24.3 Å². The Morgan fingerprint density at radius 3 is 2.28 bits per heavy atom. The van der Waals surface area contributed by atoms with E-state index in [-0.39, 0.29) is 0 Å². The van der Waals surface area contributed by atoms with Crippen LogP contribution in [0.5, 0.6) is 0 Å². The molecule has 1 unspecified atom stereocenters. The third-order valence-corrected chi connectivity index (χ3v) is 3.37. The van der Waals surface area contributed by atoms with E-state index in [4.69, 9.17) is 5.73 Å². The van der Waals surface area contributed by atoms with Crippen molar-refractivity contribution in [2.75, 3.05) is 0 Å². The summed E-state index contributed by atoms with van der Waals surface area (Å²) in [5.74, 6) is -1.17. The molecule has 0 saturated carbocycles. The number of aryl methyl sites for hydroxylation is 1. The average molecular weight is 312 g/mol. The summed E-state index contributed by atoms with van der Waals surface area (Å²) < 4.78 is 27.8. The van der Waals surface area contributed by atoms with Crippen LogP contribution in [0.4, 0.5) is 8.78 Å². The maximum absolute atomic E-state index is 13.7. The lowest BCUT2D eigenvalue weighted by atomic mass is 9.97. The Morgan fingerprint density at radius 2 is 1.67 bits per heavy atom. The van der Waals surface area contributed by atoms with Gasteiger partial charge in [-0.3, -0.25) is 0 Å². The first-order valence-electron chi connectivity index (χ1n) is 5.45. The minimum Gasteiger partial charge on any atom is -0.320 e. The van der Waals surface area contributed by atoms with Gasteiger partial charge >= 0.3 is 0 Å². The van der Waals surface area contributed by atoms with E-state index in [0.717, 1.165) is 16.1 Å². The van der Waals surface area contributed by atoms with E-state index in [1.165, 1.54) is 6.07 Å². The van der Waals surface area contributed by atoms with E-state index in [9.17, 15) is 8.78 Å². The van der Waals surface area contributed by atoms with Crippen molar-refractivity contribution in [2.45, 2.75) is 13.0 Å². The van der Waals surface area contributed by atoms with Gasteiger partial charge < -0.3 is 5.73 Å². The van der Waals surface area contributed by atoms with Crippen LogP contribution >= 0.6 is 15.9 Å². The number of rotatable bonds is 2. The molecule has 2 aromatic carbocycles. The van der Waals surface area contributed by atoms with Gasteiger partial charge in [0, 0.05) is 16.1 Å². The fourth-order valence-corrected chi connectivity index (χ4v) is 2.03. The third kappa shape index (κ3) is 2.60. The van der Waals surface area contributed by atoms with Gasteiger partial charge in [0.1, 0.15) is 11.6 Å². The summed E-state index contributed by atoms with van der Waals surface area (Å²) in [6.45, 7) is 1.59. The summed E-state index contributed by atoms with van der Waals surface area (Å²) in [5.41, 5.74) is 7.48. The zero-order chi connectivity index (χ0) is 13.3. The molecule has 1 atom stereocenters. The number of nitrogens with two attached hydrogens (primary N) is 1. The van der Waals surface area contributed by atoms with Crippen molar-refractivity contribution in [2.24, 2.45) is 5.73 Å². The Balaban J connectivity index is 2.42. The smallest absolute Gasteiger partial charge is 0.131 e. The molecule has 0 fully saturated rings. The van der Waals surface area contributed by atoms with Crippen molar-refractivity contribution in [3.63, 3.8) is 0 Å². The average Bonchev–Trinajstić information content (AvgIpc) is 2.34. The Labute approximate surface area is 113 Å². The summed E-state index contributed by atoms with van der Waals surface area (Å²) in [6.07, 6.45) is 0. The minimum absolute atomic E-state index is 0.302. The van der Waals surface area contributed by atoms with Crippen LogP contribution in [0, 0.1) is 18.6 Å². The van der Waals surface area contributed by atoms with Gasteiger partial charge in [-0.25, -0.2) is 8.78 Å². The molecule has 18 heavy (non-hydrogen) atoms. The molecule has 0 aliphatic rings. The van der Waals surface area contributed by atoms with Crippen LogP contribution < -0.4 is 5.73 Å². The van der Waals surface area contributed by atoms with Gasteiger partial charge in [-0.1, -0.05) is 28.1 Å². The first-order valence-corrected chi connectivity index (χ1v) is 6.25. The fraction of sp³-hybridized carbons (Fsp3) is 0.143. The van der Waals surface area contributed by atoms with Gasteiger partial charge in [-0.05, 0) is 36.2 Å². The molecule has 0 aliphatic heterocycles. The number of halogens is 3. The van der Waals surface area contributed by atoms with Crippen LogP contribution in [0.3, 0.4) is 0 Å². The topological polar surface area (TPSA) is 26.0 Å². The predicted octanol–water partition coefficient (Wildman–Crippen LogP) is 4.08. The molecule has 0 aliphatic carbocycles. The highest BCUT2D eigenvalue weighted by molar-refractivity contribution is 9.10. The van der Waals surface area contributed by atoms with Crippen LogP contribution in [-0.2, 0) is 0 Å². The lowest BCUT2D eigenvalue weighted by molar-refractivity contribution is 0.561. The highest BCUT2D eigenvalue weighted by atomic mass is 79.9. The normalized spacial score (nSPS) is 12.5. The Morgan fingerprint density at radius 1 is 1.06 bits per heavy atom. The molecule has 0 bridgehead atoms. The fourth-order valence-electron chi connectivity index (χ4n) is 1.77. The number of hydrogen-bond acceptors (Lipinski definition) is 1. The van der Waals surface area contributed by atoms with Crippen molar-refractivity contribution in [3.05, 3.63) is 69.2 Å². The summed E-state index contributed by atoms with van der Waals surface area (Å²) in [5, 5.41) is 0.